The van der Waals surface area contributed by atoms with Gasteiger partial charge in [-0.3, -0.25) is 0 Å². The van der Waals surface area contributed by atoms with Gasteiger partial charge in [0, 0.05) is 6.54 Å². The summed E-state index contributed by atoms with van der Waals surface area (Å²) in [5, 5.41) is 0. The third-order valence-electron chi connectivity index (χ3n) is 1.92. The van der Waals surface area contributed by atoms with Crippen molar-refractivity contribution in [1.82, 2.24) is 0 Å². The molecule has 1 atom stereocenters. The lowest BCUT2D eigenvalue weighted by Crippen LogP contribution is -2.41. The van der Waals surface area contributed by atoms with Crippen molar-refractivity contribution in [2.45, 2.75) is 26.4 Å². The number of hydrogen-bond donors (Lipinski definition) is 1. The van der Waals surface area contributed by atoms with Crippen molar-refractivity contribution >= 4 is 0 Å². The van der Waals surface area contributed by atoms with E-state index in [1.807, 2.05) is 0 Å². The summed E-state index contributed by atoms with van der Waals surface area (Å²) in [6, 6.07) is 0. The lowest BCUT2D eigenvalue weighted by Gasteiger charge is -2.28. The van der Waals surface area contributed by atoms with Gasteiger partial charge in [0.25, 0.3) is 0 Å². The second kappa shape index (κ2) is 2.78. The van der Waals surface area contributed by atoms with Crippen LogP contribution in [-0.2, 0) is 0 Å². The first-order valence-corrected chi connectivity index (χ1v) is 3.14. The Bertz CT molecular complexity index is 104. The SMILES string of the molecule is CCC(C)(CN)C(F)(F)F. The molecule has 0 aliphatic heterocycles. The van der Waals surface area contributed by atoms with E-state index in [9.17, 15) is 13.2 Å². The average Bonchev–Trinajstić information content (AvgIpc) is 1.84. The van der Waals surface area contributed by atoms with Gasteiger partial charge in [0.2, 0.25) is 0 Å². The highest BCUT2D eigenvalue weighted by atomic mass is 19.4. The van der Waals surface area contributed by atoms with E-state index in [1.165, 1.54) is 6.92 Å². The van der Waals surface area contributed by atoms with Crippen LogP contribution in [0.4, 0.5) is 13.2 Å². The smallest absolute Gasteiger partial charge is 0.330 e. The molecule has 4 heteroatoms. The molecule has 0 bridgehead atoms. The molecule has 0 rings (SSSR count). The van der Waals surface area contributed by atoms with Crippen LogP contribution in [0.25, 0.3) is 0 Å². The van der Waals surface area contributed by atoms with Crippen LogP contribution < -0.4 is 5.73 Å². The normalized spacial score (nSPS) is 18.6. The number of alkyl halides is 3. The van der Waals surface area contributed by atoms with Crippen molar-refractivity contribution in [3.8, 4) is 0 Å². The number of halogens is 3. The van der Waals surface area contributed by atoms with E-state index < -0.39 is 11.6 Å². The highest BCUT2D eigenvalue weighted by Gasteiger charge is 2.48. The molecule has 1 nitrogen and oxygen atoms in total. The minimum absolute atomic E-state index is 0.0347. The summed E-state index contributed by atoms with van der Waals surface area (Å²) in [4.78, 5) is 0. The molecule has 0 aliphatic carbocycles. The summed E-state index contributed by atoms with van der Waals surface area (Å²) in [5.74, 6) is 0. The third kappa shape index (κ3) is 1.62. The summed E-state index contributed by atoms with van der Waals surface area (Å²) in [7, 11) is 0. The summed E-state index contributed by atoms with van der Waals surface area (Å²) < 4.78 is 36.1. The molecular weight excluding hydrogens is 143 g/mol. The van der Waals surface area contributed by atoms with E-state index >= 15 is 0 Å². The van der Waals surface area contributed by atoms with Crippen molar-refractivity contribution in [3.05, 3.63) is 0 Å². The predicted molar refractivity (Wildman–Crippen MR) is 33.5 cm³/mol. The van der Waals surface area contributed by atoms with Gasteiger partial charge >= 0.3 is 6.18 Å². The van der Waals surface area contributed by atoms with Crippen LogP contribution in [0, 0.1) is 5.41 Å². The van der Waals surface area contributed by atoms with E-state index in [0.717, 1.165) is 6.92 Å². The zero-order valence-electron chi connectivity index (χ0n) is 6.13. The fourth-order valence-electron chi connectivity index (χ4n) is 0.461. The monoisotopic (exact) mass is 155 g/mol. The van der Waals surface area contributed by atoms with Crippen LogP contribution in [0.5, 0.6) is 0 Å². The van der Waals surface area contributed by atoms with Gasteiger partial charge in [0.05, 0.1) is 5.41 Å². The molecule has 0 aromatic carbocycles. The molecule has 0 saturated carbocycles. The largest absolute Gasteiger partial charge is 0.395 e. The Kier molecular flexibility index (Phi) is 2.71. The summed E-state index contributed by atoms with van der Waals surface area (Å²) >= 11 is 0. The highest BCUT2D eigenvalue weighted by Crippen LogP contribution is 2.39. The minimum atomic E-state index is -4.17. The second-order valence-corrected chi connectivity index (χ2v) is 2.62. The molecule has 0 heterocycles. The maximum atomic E-state index is 12.0. The molecule has 0 fully saturated rings. The van der Waals surface area contributed by atoms with Gasteiger partial charge < -0.3 is 5.73 Å². The van der Waals surface area contributed by atoms with E-state index in [1.54, 1.807) is 0 Å². The first kappa shape index (κ1) is 9.75. The Morgan fingerprint density at radius 2 is 1.70 bits per heavy atom. The highest BCUT2D eigenvalue weighted by molar-refractivity contribution is 4.81. The van der Waals surface area contributed by atoms with Crippen LogP contribution in [0.1, 0.15) is 20.3 Å². The van der Waals surface area contributed by atoms with Crippen LogP contribution in [0.2, 0.25) is 0 Å². The van der Waals surface area contributed by atoms with E-state index in [2.05, 4.69) is 0 Å². The Morgan fingerprint density at radius 3 is 1.70 bits per heavy atom. The molecule has 0 spiro atoms. The maximum absolute atomic E-state index is 12.0. The van der Waals surface area contributed by atoms with Gasteiger partial charge in [0.1, 0.15) is 0 Å². The Labute approximate surface area is 58.4 Å². The van der Waals surface area contributed by atoms with E-state index in [0.29, 0.717) is 0 Å². The topological polar surface area (TPSA) is 26.0 Å². The maximum Gasteiger partial charge on any atom is 0.395 e. The van der Waals surface area contributed by atoms with Crippen LogP contribution in [0.15, 0.2) is 0 Å². The third-order valence-corrected chi connectivity index (χ3v) is 1.92. The number of hydrogen-bond acceptors (Lipinski definition) is 1. The summed E-state index contributed by atoms with van der Waals surface area (Å²) in [6.45, 7) is 2.28. The molecule has 0 saturated heterocycles. The Balaban J connectivity index is 4.33. The van der Waals surface area contributed by atoms with Crippen LogP contribution >= 0.6 is 0 Å². The van der Waals surface area contributed by atoms with Crippen LogP contribution in [-0.4, -0.2) is 12.7 Å². The molecule has 62 valence electrons. The molecule has 0 aliphatic rings. The van der Waals surface area contributed by atoms with Gasteiger partial charge in [-0.2, -0.15) is 13.2 Å². The predicted octanol–water partition coefficient (Wildman–Crippen LogP) is 1.92. The van der Waals surface area contributed by atoms with Crippen molar-refractivity contribution in [1.29, 1.82) is 0 Å². The Hall–Kier alpha value is -0.250. The first-order valence-electron chi connectivity index (χ1n) is 3.14. The van der Waals surface area contributed by atoms with Crippen molar-refractivity contribution in [3.63, 3.8) is 0 Å². The van der Waals surface area contributed by atoms with Crippen molar-refractivity contribution < 1.29 is 13.2 Å². The first-order chi connectivity index (χ1) is 4.37. The van der Waals surface area contributed by atoms with Gasteiger partial charge in [-0.15, -0.1) is 0 Å². The second-order valence-electron chi connectivity index (χ2n) is 2.62. The number of nitrogens with two attached hydrogens (primary N) is 1. The van der Waals surface area contributed by atoms with Gasteiger partial charge in [-0.05, 0) is 13.3 Å². The zero-order chi connectivity index (χ0) is 8.41. The lowest BCUT2D eigenvalue weighted by atomic mass is 9.87. The minimum Gasteiger partial charge on any atom is -0.330 e. The Morgan fingerprint density at radius 1 is 1.30 bits per heavy atom. The lowest BCUT2D eigenvalue weighted by molar-refractivity contribution is -0.215. The molecule has 10 heavy (non-hydrogen) atoms. The van der Waals surface area contributed by atoms with Gasteiger partial charge in [-0.25, -0.2) is 0 Å². The fraction of sp³-hybridized carbons (Fsp3) is 1.00. The fourth-order valence-corrected chi connectivity index (χ4v) is 0.461. The molecule has 0 amide bonds. The quantitative estimate of drug-likeness (QED) is 0.647. The summed E-state index contributed by atoms with van der Waals surface area (Å²) in [6.07, 6.45) is -4.14. The molecule has 0 aromatic heterocycles. The van der Waals surface area contributed by atoms with Gasteiger partial charge in [-0.1, -0.05) is 6.92 Å². The molecule has 0 aromatic rings. The molecular formula is C6H12F3N. The molecule has 1 unspecified atom stereocenters. The average molecular weight is 155 g/mol. The standard InChI is InChI=1S/C6H12F3N/c1-3-5(2,4-10)6(7,8)9/h3-4,10H2,1-2H3. The van der Waals surface area contributed by atoms with Crippen molar-refractivity contribution in [2.75, 3.05) is 6.54 Å². The zero-order valence-corrected chi connectivity index (χ0v) is 6.13. The van der Waals surface area contributed by atoms with E-state index in [4.69, 9.17) is 5.73 Å². The van der Waals surface area contributed by atoms with E-state index in [-0.39, 0.29) is 13.0 Å². The van der Waals surface area contributed by atoms with Crippen LogP contribution in [0.3, 0.4) is 0 Å². The van der Waals surface area contributed by atoms with Crippen molar-refractivity contribution in [2.24, 2.45) is 11.1 Å². The molecule has 0 radical (unpaired) electrons. The summed E-state index contributed by atoms with van der Waals surface area (Å²) in [5.41, 5.74) is 3.28. The molecule has 2 N–H and O–H groups in total. The number of rotatable bonds is 2. The van der Waals surface area contributed by atoms with Gasteiger partial charge in [0.15, 0.2) is 0 Å².